The van der Waals surface area contributed by atoms with Gasteiger partial charge in [-0.15, -0.1) is 0 Å². The average molecular weight is 353 g/mol. The molecule has 0 radical (unpaired) electrons. The molecular weight excluding hydrogens is 336 g/mol. The Morgan fingerprint density at radius 3 is 2.58 bits per heavy atom. The Balaban J connectivity index is 1.80. The van der Waals surface area contributed by atoms with Gasteiger partial charge in [0, 0.05) is 6.54 Å². The summed E-state index contributed by atoms with van der Waals surface area (Å²) in [5, 5.41) is 31.3. The molecule has 7 nitrogen and oxygen atoms in total. The summed E-state index contributed by atoms with van der Waals surface area (Å²) in [5.41, 5.74) is 0.904. The lowest BCUT2D eigenvalue weighted by Gasteiger charge is -2.18. The van der Waals surface area contributed by atoms with Crippen molar-refractivity contribution in [3.63, 3.8) is 0 Å². The van der Waals surface area contributed by atoms with E-state index in [1.165, 1.54) is 12.1 Å². The predicted octanol–water partition coefficient (Wildman–Crippen LogP) is 1.76. The molecule has 0 aliphatic heterocycles. The SMILES string of the molecule is O=C(NCC(O)C(O)c1ccc(O)c(Cl)n1)OCc1ccccc1. The van der Waals surface area contributed by atoms with E-state index in [4.69, 9.17) is 16.3 Å². The maximum Gasteiger partial charge on any atom is 0.407 e. The molecule has 1 aromatic carbocycles. The van der Waals surface area contributed by atoms with E-state index < -0.39 is 18.3 Å². The van der Waals surface area contributed by atoms with Gasteiger partial charge in [-0.25, -0.2) is 9.78 Å². The van der Waals surface area contributed by atoms with Gasteiger partial charge in [-0.1, -0.05) is 41.9 Å². The molecule has 2 aromatic rings. The lowest BCUT2D eigenvalue weighted by Crippen LogP contribution is -2.36. The van der Waals surface area contributed by atoms with E-state index in [2.05, 4.69) is 10.3 Å². The fourth-order valence-electron chi connectivity index (χ4n) is 1.88. The molecule has 2 unspecified atom stereocenters. The zero-order chi connectivity index (χ0) is 17.5. The second-order valence-corrected chi connectivity index (χ2v) is 5.36. The number of halogens is 1. The Bertz CT molecular complexity index is 683. The number of aliphatic hydroxyl groups is 2. The summed E-state index contributed by atoms with van der Waals surface area (Å²) in [4.78, 5) is 15.3. The molecule has 0 fully saturated rings. The van der Waals surface area contributed by atoms with Crippen molar-refractivity contribution in [2.45, 2.75) is 18.8 Å². The number of amides is 1. The van der Waals surface area contributed by atoms with Crippen LogP contribution in [0, 0.1) is 0 Å². The number of nitrogens with one attached hydrogen (secondary N) is 1. The van der Waals surface area contributed by atoms with Gasteiger partial charge in [0.05, 0.1) is 5.69 Å². The molecule has 0 saturated carbocycles. The molecule has 2 atom stereocenters. The Labute approximate surface area is 143 Å². The number of aromatic nitrogens is 1. The van der Waals surface area contributed by atoms with Gasteiger partial charge in [0.2, 0.25) is 0 Å². The van der Waals surface area contributed by atoms with Gasteiger partial charge in [0.1, 0.15) is 18.8 Å². The molecule has 0 aliphatic carbocycles. The third-order valence-corrected chi connectivity index (χ3v) is 3.46. The third kappa shape index (κ3) is 5.09. The van der Waals surface area contributed by atoms with Crippen molar-refractivity contribution in [3.05, 3.63) is 58.9 Å². The Hall–Kier alpha value is -2.35. The van der Waals surface area contributed by atoms with E-state index >= 15 is 0 Å². The Morgan fingerprint density at radius 1 is 1.21 bits per heavy atom. The quantitative estimate of drug-likeness (QED) is 0.589. The van der Waals surface area contributed by atoms with E-state index in [1.54, 1.807) is 0 Å². The van der Waals surface area contributed by atoms with E-state index in [9.17, 15) is 20.1 Å². The number of aromatic hydroxyl groups is 1. The van der Waals surface area contributed by atoms with Gasteiger partial charge in [0.25, 0.3) is 0 Å². The number of rotatable bonds is 6. The normalized spacial score (nSPS) is 13.1. The number of aliphatic hydroxyl groups excluding tert-OH is 2. The van der Waals surface area contributed by atoms with Gasteiger partial charge < -0.3 is 25.4 Å². The predicted molar refractivity (Wildman–Crippen MR) is 86.5 cm³/mol. The van der Waals surface area contributed by atoms with Crippen LogP contribution in [0.15, 0.2) is 42.5 Å². The minimum atomic E-state index is -1.38. The molecule has 0 bridgehead atoms. The monoisotopic (exact) mass is 352 g/mol. The molecule has 0 saturated heterocycles. The number of nitrogens with zero attached hydrogens (tertiary/aromatic N) is 1. The van der Waals surface area contributed by atoms with Gasteiger partial charge in [-0.2, -0.15) is 0 Å². The highest BCUT2D eigenvalue weighted by Crippen LogP contribution is 2.24. The van der Waals surface area contributed by atoms with Gasteiger partial charge in [-0.3, -0.25) is 0 Å². The Morgan fingerprint density at radius 2 is 1.92 bits per heavy atom. The van der Waals surface area contributed by atoms with Crippen molar-refractivity contribution in [1.29, 1.82) is 0 Å². The summed E-state index contributed by atoms with van der Waals surface area (Å²) in [7, 11) is 0. The molecular formula is C16H17ClN2O5. The van der Waals surface area contributed by atoms with Crippen LogP contribution in [0.3, 0.4) is 0 Å². The van der Waals surface area contributed by atoms with E-state index in [0.717, 1.165) is 5.56 Å². The summed E-state index contributed by atoms with van der Waals surface area (Å²) in [6, 6.07) is 11.7. The van der Waals surface area contributed by atoms with Crippen LogP contribution in [0.4, 0.5) is 4.79 Å². The molecule has 0 spiro atoms. The summed E-state index contributed by atoms with van der Waals surface area (Å²) >= 11 is 5.65. The average Bonchev–Trinajstić information content (AvgIpc) is 2.60. The maximum atomic E-state index is 11.6. The third-order valence-electron chi connectivity index (χ3n) is 3.19. The molecule has 4 N–H and O–H groups in total. The first kappa shape index (κ1) is 18.0. The summed E-state index contributed by atoms with van der Waals surface area (Å²) in [6.45, 7) is -0.143. The summed E-state index contributed by atoms with van der Waals surface area (Å²) in [5.74, 6) is -0.232. The van der Waals surface area contributed by atoms with Crippen LogP contribution in [0.25, 0.3) is 0 Å². The zero-order valence-electron chi connectivity index (χ0n) is 12.6. The smallest absolute Gasteiger partial charge is 0.407 e. The molecule has 2 rings (SSSR count). The number of alkyl carbamates (subject to hydrolysis) is 1. The first-order valence-corrected chi connectivity index (χ1v) is 7.51. The van der Waals surface area contributed by atoms with Crippen LogP contribution < -0.4 is 5.32 Å². The summed E-state index contributed by atoms with van der Waals surface area (Å²) in [6.07, 6.45) is -3.42. The number of hydrogen-bond donors (Lipinski definition) is 4. The van der Waals surface area contributed by atoms with Crippen molar-refractivity contribution in [1.82, 2.24) is 10.3 Å². The second-order valence-electron chi connectivity index (χ2n) is 5.00. The van der Waals surface area contributed by atoms with Crippen molar-refractivity contribution in [2.75, 3.05) is 6.54 Å². The van der Waals surface area contributed by atoms with Crippen LogP contribution in [-0.2, 0) is 11.3 Å². The minimum Gasteiger partial charge on any atom is -0.505 e. The molecule has 1 aromatic heterocycles. The standard InChI is InChI=1S/C16H17ClN2O5/c17-15-12(20)7-6-11(19-15)14(22)13(21)8-18-16(23)24-9-10-4-2-1-3-5-10/h1-7,13-14,20-22H,8-9H2,(H,18,23). The molecule has 8 heteroatoms. The number of hydrogen-bond acceptors (Lipinski definition) is 6. The van der Waals surface area contributed by atoms with E-state index in [-0.39, 0.29) is 29.7 Å². The first-order chi connectivity index (χ1) is 11.5. The van der Waals surface area contributed by atoms with Crippen LogP contribution in [-0.4, -0.2) is 39.0 Å². The fourth-order valence-corrected chi connectivity index (χ4v) is 2.04. The Kier molecular flexibility index (Phi) is 6.36. The number of pyridine rings is 1. The molecule has 1 heterocycles. The largest absolute Gasteiger partial charge is 0.505 e. The van der Waals surface area contributed by atoms with Gasteiger partial charge in [-0.05, 0) is 17.7 Å². The number of benzene rings is 1. The number of ether oxygens (including phenoxy) is 1. The van der Waals surface area contributed by atoms with Crippen molar-refractivity contribution < 1.29 is 24.9 Å². The van der Waals surface area contributed by atoms with Crippen LogP contribution in [0.1, 0.15) is 17.4 Å². The molecule has 1 amide bonds. The topological polar surface area (TPSA) is 112 Å². The van der Waals surface area contributed by atoms with Crippen LogP contribution >= 0.6 is 11.6 Å². The highest BCUT2D eigenvalue weighted by atomic mass is 35.5. The number of carbonyl (C=O) groups is 1. The van der Waals surface area contributed by atoms with Crippen LogP contribution in [0.5, 0.6) is 5.75 Å². The highest BCUT2D eigenvalue weighted by Gasteiger charge is 2.21. The van der Waals surface area contributed by atoms with Gasteiger partial charge >= 0.3 is 6.09 Å². The first-order valence-electron chi connectivity index (χ1n) is 7.13. The van der Waals surface area contributed by atoms with Crippen molar-refractivity contribution in [3.8, 4) is 5.75 Å². The lowest BCUT2D eigenvalue weighted by atomic mass is 10.1. The maximum absolute atomic E-state index is 11.6. The number of carbonyl (C=O) groups excluding carboxylic acids is 1. The van der Waals surface area contributed by atoms with Crippen molar-refractivity contribution in [2.24, 2.45) is 0 Å². The molecule has 128 valence electrons. The van der Waals surface area contributed by atoms with Crippen molar-refractivity contribution >= 4 is 17.7 Å². The van der Waals surface area contributed by atoms with Gasteiger partial charge in [0.15, 0.2) is 10.9 Å². The van der Waals surface area contributed by atoms with Crippen LogP contribution in [0.2, 0.25) is 5.15 Å². The molecule has 0 aliphatic rings. The minimum absolute atomic E-state index is 0.0738. The fraction of sp³-hybridized carbons (Fsp3) is 0.250. The lowest BCUT2D eigenvalue weighted by molar-refractivity contribution is 0.0159. The zero-order valence-corrected chi connectivity index (χ0v) is 13.3. The molecule has 24 heavy (non-hydrogen) atoms. The second kappa shape index (κ2) is 8.49. The van der Waals surface area contributed by atoms with E-state index in [1.807, 2.05) is 30.3 Å². The summed E-state index contributed by atoms with van der Waals surface area (Å²) < 4.78 is 4.99. The highest BCUT2D eigenvalue weighted by molar-refractivity contribution is 6.30. The van der Waals surface area contributed by atoms with E-state index in [0.29, 0.717) is 0 Å².